The summed E-state index contributed by atoms with van der Waals surface area (Å²) in [5, 5.41) is 1.22. The topological polar surface area (TPSA) is 39.2 Å². The Balaban J connectivity index is 2.54. The number of benzene rings is 1. The van der Waals surface area contributed by atoms with Crippen LogP contribution in [0.5, 0.6) is 0 Å². The Morgan fingerprint density at radius 3 is 2.94 bits per heavy atom. The summed E-state index contributed by atoms with van der Waals surface area (Å²) in [6.07, 6.45) is 0. The first-order chi connectivity index (χ1) is 7.72. The monoisotopic (exact) mass is 235 g/mol. The van der Waals surface area contributed by atoms with Gasteiger partial charge in [0.25, 0.3) is 0 Å². The van der Waals surface area contributed by atoms with Crippen molar-refractivity contribution in [3.05, 3.63) is 41.0 Å². The number of para-hydroxylation sites is 1. The molecule has 0 saturated carbocycles. The van der Waals surface area contributed by atoms with E-state index in [1.165, 1.54) is 0 Å². The van der Waals surface area contributed by atoms with Crippen LogP contribution in [0.3, 0.4) is 0 Å². The molecule has 3 nitrogen and oxygen atoms in total. The molecular formula is C12H10ClNO2. The number of hydrogen-bond acceptors (Lipinski definition) is 3. The summed E-state index contributed by atoms with van der Waals surface area (Å²) in [4.78, 5) is 15.7. The molecule has 0 bridgehead atoms. The summed E-state index contributed by atoms with van der Waals surface area (Å²) < 4.78 is 4.87. The minimum atomic E-state index is -0.488. The summed E-state index contributed by atoms with van der Waals surface area (Å²) in [6, 6.07) is 9.19. The van der Waals surface area contributed by atoms with Crippen LogP contribution in [0, 0.1) is 0 Å². The molecule has 0 amide bonds. The van der Waals surface area contributed by atoms with Gasteiger partial charge in [0.1, 0.15) is 0 Å². The second-order valence-corrected chi connectivity index (χ2v) is 3.64. The van der Waals surface area contributed by atoms with Crippen molar-refractivity contribution in [1.82, 2.24) is 4.98 Å². The van der Waals surface area contributed by atoms with Crippen molar-refractivity contribution in [1.29, 1.82) is 0 Å². The van der Waals surface area contributed by atoms with E-state index in [0.29, 0.717) is 11.6 Å². The molecule has 0 N–H and O–H groups in total. The van der Waals surface area contributed by atoms with Crippen molar-refractivity contribution in [3.8, 4) is 0 Å². The largest absolute Gasteiger partial charge is 0.461 e. The zero-order valence-electron chi connectivity index (χ0n) is 8.74. The number of nitrogens with zero attached hydrogens (tertiary/aromatic N) is 1. The molecule has 16 heavy (non-hydrogen) atoms. The standard InChI is InChI=1S/C12H10ClNO2/c1-2-16-12(15)11-9(13)7-8-5-3-4-6-10(8)14-11/h3-7H,2H2,1H3. The van der Waals surface area contributed by atoms with Crippen LogP contribution in [0.2, 0.25) is 5.02 Å². The van der Waals surface area contributed by atoms with Crippen LogP contribution >= 0.6 is 11.6 Å². The maximum atomic E-state index is 11.5. The van der Waals surface area contributed by atoms with Crippen molar-refractivity contribution in [2.45, 2.75) is 6.92 Å². The van der Waals surface area contributed by atoms with Crippen molar-refractivity contribution >= 4 is 28.5 Å². The molecule has 1 aromatic carbocycles. The zero-order valence-corrected chi connectivity index (χ0v) is 9.49. The minimum Gasteiger partial charge on any atom is -0.461 e. The Labute approximate surface area is 98.0 Å². The highest BCUT2D eigenvalue weighted by Crippen LogP contribution is 2.21. The number of carbonyl (C=O) groups is 1. The molecule has 0 aliphatic rings. The van der Waals surface area contributed by atoms with Gasteiger partial charge < -0.3 is 4.74 Å². The van der Waals surface area contributed by atoms with E-state index < -0.39 is 5.97 Å². The van der Waals surface area contributed by atoms with Gasteiger partial charge >= 0.3 is 5.97 Å². The van der Waals surface area contributed by atoms with Gasteiger partial charge in [0.15, 0.2) is 5.69 Å². The number of ether oxygens (including phenoxy) is 1. The molecule has 82 valence electrons. The molecule has 2 rings (SSSR count). The highest BCUT2D eigenvalue weighted by molar-refractivity contribution is 6.34. The fraction of sp³-hybridized carbons (Fsp3) is 0.167. The number of hydrogen-bond donors (Lipinski definition) is 0. The van der Waals surface area contributed by atoms with Gasteiger partial charge in [0.2, 0.25) is 0 Å². The molecule has 0 unspecified atom stereocenters. The van der Waals surface area contributed by atoms with E-state index >= 15 is 0 Å². The summed E-state index contributed by atoms with van der Waals surface area (Å²) >= 11 is 5.97. The third-order valence-electron chi connectivity index (χ3n) is 2.15. The highest BCUT2D eigenvalue weighted by atomic mass is 35.5. The van der Waals surface area contributed by atoms with Crippen molar-refractivity contribution < 1.29 is 9.53 Å². The third-order valence-corrected chi connectivity index (χ3v) is 2.43. The van der Waals surface area contributed by atoms with E-state index in [4.69, 9.17) is 16.3 Å². The molecule has 0 fully saturated rings. The normalized spacial score (nSPS) is 10.4. The van der Waals surface area contributed by atoms with Gasteiger partial charge in [-0.1, -0.05) is 29.8 Å². The first-order valence-electron chi connectivity index (χ1n) is 4.94. The highest BCUT2D eigenvalue weighted by Gasteiger charge is 2.14. The number of aromatic nitrogens is 1. The maximum absolute atomic E-state index is 11.5. The van der Waals surface area contributed by atoms with Crippen molar-refractivity contribution in [2.24, 2.45) is 0 Å². The van der Waals surface area contributed by atoms with E-state index in [1.54, 1.807) is 13.0 Å². The van der Waals surface area contributed by atoms with Gasteiger partial charge in [-0.2, -0.15) is 0 Å². The lowest BCUT2D eigenvalue weighted by atomic mass is 10.2. The molecule has 0 aliphatic heterocycles. The number of carbonyl (C=O) groups excluding carboxylic acids is 1. The van der Waals surface area contributed by atoms with Crippen LogP contribution < -0.4 is 0 Å². The van der Waals surface area contributed by atoms with Crippen molar-refractivity contribution in [2.75, 3.05) is 6.61 Å². The Bertz CT molecular complexity index is 540. The molecule has 0 radical (unpaired) electrons. The number of esters is 1. The van der Waals surface area contributed by atoms with E-state index in [2.05, 4.69) is 4.98 Å². The van der Waals surface area contributed by atoms with E-state index in [9.17, 15) is 4.79 Å². The molecule has 4 heteroatoms. The van der Waals surface area contributed by atoms with Crippen LogP contribution in [0.1, 0.15) is 17.4 Å². The zero-order chi connectivity index (χ0) is 11.5. The Hall–Kier alpha value is -1.61. The lowest BCUT2D eigenvalue weighted by Crippen LogP contribution is -2.07. The number of pyridine rings is 1. The average Bonchev–Trinajstić information content (AvgIpc) is 2.28. The molecule has 0 aliphatic carbocycles. The van der Waals surface area contributed by atoms with E-state index in [1.807, 2.05) is 24.3 Å². The van der Waals surface area contributed by atoms with Crippen molar-refractivity contribution in [3.63, 3.8) is 0 Å². The van der Waals surface area contributed by atoms with Gasteiger partial charge in [-0.15, -0.1) is 0 Å². The van der Waals surface area contributed by atoms with Crippen LogP contribution in [0.4, 0.5) is 0 Å². The quantitative estimate of drug-likeness (QED) is 0.751. The van der Waals surface area contributed by atoms with Crippen LogP contribution in [0.25, 0.3) is 10.9 Å². The first kappa shape index (κ1) is 10.9. The number of halogens is 1. The molecule has 0 saturated heterocycles. The molecule has 0 atom stereocenters. The lowest BCUT2D eigenvalue weighted by molar-refractivity contribution is 0.0520. The second kappa shape index (κ2) is 4.49. The van der Waals surface area contributed by atoms with E-state index in [-0.39, 0.29) is 5.69 Å². The second-order valence-electron chi connectivity index (χ2n) is 3.23. The smallest absolute Gasteiger partial charge is 0.358 e. The minimum absolute atomic E-state index is 0.169. The predicted molar refractivity (Wildman–Crippen MR) is 62.7 cm³/mol. The van der Waals surface area contributed by atoms with Crippen LogP contribution in [-0.2, 0) is 4.74 Å². The molecule has 2 aromatic rings. The maximum Gasteiger partial charge on any atom is 0.358 e. The fourth-order valence-electron chi connectivity index (χ4n) is 1.43. The Kier molecular flexibility index (Phi) is 3.06. The summed E-state index contributed by atoms with van der Waals surface area (Å²) in [7, 11) is 0. The molecule has 0 spiro atoms. The lowest BCUT2D eigenvalue weighted by Gasteiger charge is -2.04. The number of fused-ring (bicyclic) bond motifs is 1. The Morgan fingerprint density at radius 1 is 1.44 bits per heavy atom. The third kappa shape index (κ3) is 1.99. The van der Waals surface area contributed by atoms with Gasteiger partial charge in [0, 0.05) is 5.39 Å². The van der Waals surface area contributed by atoms with Gasteiger partial charge in [0.05, 0.1) is 17.1 Å². The number of rotatable bonds is 2. The summed E-state index contributed by atoms with van der Waals surface area (Å²) in [5.41, 5.74) is 0.900. The molecule has 1 heterocycles. The summed E-state index contributed by atoms with van der Waals surface area (Å²) in [6.45, 7) is 2.05. The Morgan fingerprint density at radius 2 is 2.19 bits per heavy atom. The van der Waals surface area contributed by atoms with Gasteiger partial charge in [-0.3, -0.25) is 0 Å². The average molecular weight is 236 g/mol. The summed E-state index contributed by atoms with van der Waals surface area (Å²) in [5.74, 6) is -0.488. The van der Waals surface area contributed by atoms with Gasteiger partial charge in [-0.05, 0) is 19.1 Å². The molecule has 1 aromatic heterocycles. The van der Waals surface area contributed by atoms with Crippen LogP contribution in [-0.4, -0.2) is 17.6 Å². The SMILES string of the molecule is CCOC(=O)c1nc2ccccc2cc1Cl. The van der Waals surface area contributed by atoms with Gasteiger partial charge in [-0.25, -0.2) is 9.78 Å². The first-order valence-corrected chi connectivity index (χ1v) is 5.32. The van der Waals surface area contributed by atoms with Crippen LogP contribution in [0.15, 0.2) is 30.3 Å². The van der Waals surface area contributed by atoms with E-state index in [0.717, 1.165) is 10.9 Å². The molecular weight excluding hydrogens is 226 g/mol. The fourth-order valence-corrected chi connectivity index (χ4v) is 1.67. The predicted octanol–water partition coefficient (Wildman–Crippen LogP) is 3.06.